The van der Waals surface area contributed by atoms with Gasteiger partial charge in [0.05, 0.1) is 13.0 Å². The first-order valence-corrected chi connectivity index (χ1v) is 4.02. The second kappa shape index (κ2) is 5.96. The maximum Gasteiger partial charge on any atom is 0.309 e. The Morgan fingerprint density at radius 2 is 2.09 bits per heavy atom. The lowest BCUT2D eigenvalue weighted by Gasteiger charge is -2.00. The lowest BCUT2D eigenvalue weighted by Crippen LogP contribution is -2.03. The van der Waals surface area contributed by atoms with Gasteiger partial charge < -0.3 is 4.74 Å². The fourth-order valence-electron chi connectivity index (χ4n) is 0.860. The molecule has 0 saturated carbocycles. The average Bonchev–Trinajstić information content (AvgIpc) is 1.87. The van der Waals surface area contributed by atoms with E-state index in [4.69, 9.17) is 4.74 Å². The number of hydrogen-bond donors (Lipinski definition) is 0. The minimum Gasteiger partial charge on any atom is -0.466 e. The van der Waals surface area contributed by atoms with Crippen molar-refractivity contribution in [3.63, 3.8) is 0 Å². The zero-order chi connectivity index (χ0) is 8.69. The number of esters is 1. The first-order chi connectivity index (χ1) is 5.20. The highest BCUT2D eigenvalue weighted by Gasteiger charge is 2.00. The van der Waals surface area contributed by atoms with Gasteiger partial charge in [-0.1, -0.05) is 18.6 Å². The Morgan fingerprint density at radius 3 is 2.55 bits per heavy atom. The molecule has 0 spiro atoms. The second-order valence-corrected chi connectivity index (χ2v) is 2.44. The number of carbonyl (C=O) groups is 1. The average molecular weight is 156 g/mol. The number of hydrogen-bond acceptors (Lipinski definition) is 2. The monoisotopic (exact) mass is 156 g/mol. The van der Waals surface area contributed by atoms with Gasteiger partial charge in [-0.25, -0.2) is 0 Å². The van der Waals surface area contributed by atoms with Gasteiger partial charge in [0, 0.05) is 0 Å². The van der Waals surface area contributed by atoms with Crippen LogP contribution in [0.4, 0.5) is 0 Å². The van der Waals surface area contributed by atoms with Crippen molar-refractivity contribution in [2.24, 2.45) is 0 Å². The molecule has 0 bridgehead atoms. The molecule has 0 aliphatic heterocycles. The van der Waals surface area contributed by atoms with Crippen molar-refractivity contribution in [3.05, 3.63) is 11.6 Å². The highest BCUT2D eigenvalue weighted by Crippen LogP contribution is 2.02. The zero-order valence-corrected chi connectivity index (χ0v) is 7.52. The minimum absolute atomic E-state index is 0.130. The molecule has 0 N–H and O–H groups in total. The van der Waals surface area contributed by atoms with Crippen molar-refractivity contribution in [1.82, 2.24) is 0 Å². The van der Waals surface area contributed by atoms with Crippen molar-refractivity contribution >= 4 is 5.97 Å². The minimum atomic E-state index is -0.130. The molecule has 0 aromatic heterocycles. The first kappa shape index (κ1) is 10.2. The lowest BCUT2D eigenvalue weighted by atomic mass is 10.2. The quantitative estimate of drug-likeness (QED) is 0.461. The Balaban J connectivity index is 3.66. The summed E-state index contributed by atoms with van der Waals surface area (Å²) in [5, 5.41) is 0. The number of rotatable bonds is 4. The van der Waals surface area contributed by atoms with E-state index in [1.807, 2.05) is 19.9 Å². The summed E-state index contributed by atoms with van der Waals surface area (Å²) in [5.74, 6) is -0.130. The summed E-state index contributed by atoms with van der Waals surface area (Å²) in [5.41, 5.74) is 1.09. The predicted molar refractivity (Wildman–Crippen MR) is 45.3 cm³/mol. The summed E-state index contributed by atoms with van der Waals surface area (Å²) in [6.07, 6.45) is 3.45. The van der Waals surface area contributed by atoms with E-state index in [1.54, 1.807) is 0 Å². The molecule has 0 fully saturated rings. The molecule has 11 heavy (non-hydrogen) atoms. The van der Waals surface area contributed by atoms with Crippen LogP contribution in [0.1, 0.15) is 33.6 Å². The molecule has 0 aromatic carbocycles. The maximum atomic E-state index is 10.9. The highest BCUT2D eigenvalue weighted by atomic mass is 16.5. The third-order valence-electron chi connectivity index (χ3n) is 1.28. The molecule has 0 aliphatic rings. The normalized spacial score (nSPS) is 11.4. The number of allylic oxidation sites excluding steroid dienone is 1. The Labute approximate surface area is 68.2 Å². The molecule has 0 unspecified atom stereocenters. The molecular formula is C9H16O2. The molecule has 0 rings (SSSR count). The van der Waals surface area contributed by atoms with Crippen molar-refractivity contribution in [2.75, 3.05) is 6.61 Å². The van der Waals surface area contributed by atoms with Crippen LogP contribution in [-0.4, -0.2) is 12.6 Å². The van der Waals surface area contributed by atoms with Gasteiger partial charge in [0.2, 0.25) is 0 Å². The third kappa shape index (κ3) is 5.64. The summed E-state index contributed by atoms with van der Waals surface area (Å²) in [6, 6.07) is 0. The molecule has 2 heteroatoms. The van der Waals surface area contributed by atoms with Crippen LogP contribution in [0.25, 0.3) is 0 Å². The summed E-state index contributed by atoms with van der Waals surface area (Å²) < 4.78 is 4.78. The molecule has 0 heterocycles. The van der Waals surface area contributed by atoms with Crippen molar-refractivity contribution < 1.29 is 9.53 Å². The third-order valence-corrected chi connectivity index (χ3v) is 1.28. The van der Waals surface area contributed by atoms with E-state index in [9.17, 15) is 4.79 Å². The first-order valence-electron chi connectivity index (χ1n) is 4.02. The molecular weight excluding hydrogens is 140 g/mol. The van der Waals surface area contributed by atoms with Crippen LogP contribution in [-0.2, 0) is 9.53 Å². The maximum absolute atomic E-state index is 10.9. The smallest absolute Gasteiger partial charge is 0.309 e. The summed E-state index contributed by atoms with van der Waals surface area (Å²) in [6.45, 7) is 6.28. The van der Waals surface area contributed by atoms with Crippen molar-refractivity contribution in [2.45, 2.75) is 33.6 Å². The van der Waals surface area contributed by atoms with Gasteiger partial charge in [-0.3, -0.25) is 4.79 Å². The van der Waals surface area contributed by atoms with Gasteiger partial charge in [-0.15, -0.1) is 0 Å². The SMILES string of the molecule is CCC=C(C)CC(=O)OCC. The van der Waals surface area contributed by atoms with E-state index in [0.29, 0.717) is 13.0 Å². The van der Waals surface area contributed by atoms with Crippen molar-refractivity contribution in [3.8, 4) is 0 Å². The topological polar surface area (TPSA) is 26.3 Å². The van der Waals surface area contributed by atoms with E-state index >= 15 is 0 Å². The van der Waals surface area contributed by atoms with Crippen LogP contribution in [0.5, 0.6) is 0 Å². The fraction of sp³-hybridized carbons (Fsp3) is 0.667. The number of carbonyl (C=O) groups excluding carboxylic acids is 1. The lowest BCUT2D eigenvalue weighted by molar-refractivity contribution is -0.142. The predicted octanol–water partition coefficient (Wildman–Crippen LogP) is 2.30. The van der Waals surface area contributed by atoms with E-state index < -0.39 is 0 Å². The van der Waals surface area contributed by atoms with E-state index in [2.05, 4.69) is 6.92 Å². The Hall–Kier alpha value is -0.790. The van der Waals surface area contributed by atoms with Crippen LogP contribution in [0.3, 0.4) is 0 Å². The van der Waals surface area contributed by atoms with E-state index in [-0.39, 0.29) is 5.97 Å². The van der Waals surface area contributed by atoms with Gasteiger partial charge >= 0.3 is 5.97 Å². The van der Waals surface area contributed by atoms with Gasteiger partial charge in [-0.05, 0) is 20.3 Å². The van der Waals surface area contributed by atoms with Gasteiger partial charge in [-0.2, -0.15) is 0 Å². The standard InChI is InChI=1S/C9H16O2/c1-4-6-8(3)7-9(10)11-5-2/h6H,4-5,7H2,1-3H3. The van der Waals surface area contributed by atoms with E-state index in [1.165, 1.54) is 0 Å². The van der Waals surface area contributed by atoms with Crippen LogP contribution in [0, 0.1) is 0 Å². The highest BCUT2D eigenvalue weighted by molar-refractivity contribution is 5.72. The van der Waals surface area contributed by atoms with Crippen LogP contribution in [0.15, 0.2) is 11.6 Å². The molecule has 64 valence electrons. The molecule has 0 amide bonds. The van der Waals surface area contributed by atoms with Crippen molar-refractivity contribution in [1.29, 1.82) is 0 Å². The van der Waals surface area contributed by atoms with Gasteiger partial charge in [0.15, 0.2) is 0 Å². The Bertz CT molecular complexity index is 148. The van der Waals surface area contributed by atoms with E-state index in [0.717, 1.165) is 12.0 Å². The molecule has 0 atom stereocenters. The zero-order valence-electron chi connectivity index (χ0n) is 7.52. The molecule has 0 saturated heterocycles. The second-order valence-electron chi connectivity index (χ2n) is 2.44. The van der Waals surface area contributed by atoms with Crippen LogP contribution >= 0.6 is 0 Å². The Morgan fingerprint density at radius 1 is 1.45 bits per heavy atom. The largest absolute Gasteiger partial charge is 0.466 e. The fourth-order valence-corrected chi connectivity index (χ4v) is 0.860. The summed E-state index contributed by atoms with van der Waals surface area (Å²) in [7, 11) is 0. The Kier molecular flexibility index (Phi) is 5.53. The van der Waals surface area contributed by atoms with Crippen LogP contribution in [0.2, 0.25) is 0 Å². The molecule has 0 aromatic rings. The van der Waals surface area contributed by atoms with Gasteiger partial charge in [0.1, 0.15) is 0 Å². The van der Waals surface area contributed by atoms with Crippen LogP contribution < -0.4 is 0 Å². The molecule has 2 nitrogen and oxygen atoms in total. The molecule has 0 aliphatic carbocycles. The number of ether oxygens (including phenoxy) is 1. The summed E-state index contributed by atoms with van der Waals surface area (Å²) in [4.78, 5) is 10.9. The molecule has 0 radical (unpaired) electrons. The summed E-state index contributed by atoms with van der Waals surface area (Å²) >= 11 is 0. The van der Waals surface area contributed by atoms with Gasteiger partial charge in [0.25, 0.3) is 0 Å².